The molecule has 0 N–H and O–H groups in total. The van der Waals surface area contributed by atoms with Crippen LogP contribution in [0.1, 0.15) is 16.7 Å². The van der Waals surface area contributed by atoms with E-state index in [1.807, 2.05) is 0 Å². The van der Waals surface area contributed by atoms with Gasteiger partial charge in [0.15, 0.2) is 0 Å². The third kappa shape index (κ3) is 8.94. The second-order valence-electron chi connectivity index (χ2n) is 9.37. The number of rotatable bonds is 4. The SMILES string of the molecule is CP(C)c1cc2ccccc2[cH-]1.Cc1cc2ccccc2[cH-]1.[Ti+2].c1ccc(CCc2ccccc2)cc1. The van der Waals surface area contributed by atoms with Crippen LogP contribution in [0.5, 0.6) is 0 Å². The van der Waals surface area contributed by atoms with E-state index in [1.54, 1.807) is 0 Å². The first-order valence-electron chi connectivity index (χ1n) is 12.6. The third-order valence-electron chi connectivity index (χ3n) is 6.27. The van der Waals surface area contributed by atoms with Crippen LogP contribution < -0.4 is 5.30 Å². The smallest absolute Gasteiger partial charge is 0.165 e. The molecule has 0 amide bonds. The molecule has 6 rings (SSSR count). The summed E-state index contributed by atoms with van der Waals surface area (Å²) in [4.78, 5) is 0. The molecule has 0 heterocycles. The average Bonchev–Trinajstić information content (AvgIpc) is 3.52. The van der Waals surface area contributed by atoms with E-state index in [1.165, 1.54) is 43.5 Å². The largest absolute Gasteiger partial charge is 2.00 e. The van der Waals surface area contributed by atoms with Gasteiger partial charge in [-0.1, -0.05) is 79.7 Å². The minimum absolute atomic E-state index is 0. The number of fused-ring (bicyclic) bond motifs is 2. The van der Waals surface area contributed by atoms with E-state index in [-0.39, 0.29) is 29.6 Å². The maximum absolute atomic E-state index is 2.31. The first-order valence-corrected chi connectivity index (χ1v) is 14.8. The molecular formula is C35H35PTi. The molecule has 0 fully saturated rings. The van der Waals surface area contributed by atoms with E-state index in [0.717, 1.165) is 12.8 Å². The molecule has 0 aromatic heterocycles. The van der Waals surface area contributed by atoms with Gasteiger partial charge in [-0.15, -0.1) is 88.9 Å². The minimum Gasteiger partial charge on any atom is -0.165 e. The summed E-state index contributed by atoms with van der Waals surface area (Å²) in [5.74, 6) is 0. The van der Waals surface area contributed by atoms with E-state index in [0.29, 0.717) is 0 Å². The molecule has 0 aliphatic rings. The van der Waals surface area contributed by atoms with Crippen LogP contribution in [0.25, 0.3) is 21.5 Å². The van der Waals surface area contributed by atoms with Gasteiger partial charge >= 0.3 is 21.7 Å². The Balaban J connectivity index is 0.000000154. The molecule has 0 atom stereocenters. The van der Waals surface area contributed by atoms with Crippen LogP contribution in [-0.4, -0.2) is 13.3 Å². The van der Waals surface area contributed by atoms with Crippen molar-refractivity contribution in [2.75, 3.05) is 13.3 Å². The quantitative estimate of drug-likeness (QED) is 0.120. The van der Waals surface area contributed by atoms with Crippen molar-refractivity contribution in [1.82, 2.24) is 0 Å². The molecular weight excluding hydrogens is 499 g/mol. The Hall–Kier alpha value is -2.76. The van der Waals surface area contributed by atoms with E-state index in [2.05, 4.69) is 154 Å². The fourth-order valence-corrected chi connectivity index (χ4v) is 5.07. The maximum Gasteiger partial charge on any atom is 2.00 e. The number of hydrogen-bond acceptors (Lipinski definition) is 0. The zero-order valence-electron chi connectivity index (χ0n) is 22.1. The van der Waals surface area contributed by atoms with Crippen LogP contribution in [0.3, 0.4) is 0 Å². The first kappa shape index (κ1) is 28.8. The van der Waals surface area contributed by atoms with Crippen molar-refractivity contribution < 1.29 is 21.7 Å². The van der Waals surface area contributed by atoms with Crippen LogP contribution >= 0.6 is 7.92 Å². The molecule has 0 radical (unpaired) electrons. The van der Waals surface area contributed by atoms with E-state index < -0.39 is 0 Å². The van der Waals surface area contributed by atoms with Crippen LogP contribution in [0.4, 0.5) is 0 Å². The van der Waals surface area contributed by atoms with Gasteiger partial charge in [0, 0.05) is 0 Å². The summed E-state index contributed by atoms with van der Waals surface area (Å²) in [7, 11) is 0.0576. The monoisotopic (exact) mass is 534 g/mol. The van der Waals surface area contributed by atoms with Gasteiger partial charge in [-0.3, -0.25) is 0 Å². The summed E-state index contributed by atoms with van der Waals surface area (Å²) in [6, 6.07) is 47.2. The molecule has 0 bridgehead atoms. The molecule has 0 spiro atoms. The summed E-state index contributed by atoms with van der Waals surface area (Å²) in [6.45, 7) is 6.72. The molecule has 0 saturated carbocycles. The normalized spacial score (nSPS) is 10.3. The second-order valence-corrected chi connectivity index (χ2v) is 11.7. The van der Waals surface area contributed by atoms with Crippen molar-refractivity contribution in [2.45, 2.75) is 19.8 Å². The van der Waals surface area contributed by atoms with Crippen LogP contribution in [0, 0.1) is 6.92 Å². The Labute approximate surface area is 238 Å². The molecule has 184 valence electrons. The predicted octanol–water partition coefficient (Wildman–Crippen LogP) is 9.26. The predicted molar refractivity (Wildman–Crippen MR) is 163 cm³/mol. The molecule has 0 nitrogen and oxygen atoms in total. The minimum atomic E-state index is 0. The zero-order chi connectivity index (χ0) is 25.2. The topological polar surface area (TPSA) is 0 Å². The Morgan fingerprint density at radius 3 is 1.43 bits per heavy atom. The Kier molecular flexibility index (Phi) is 11.6. The average molecular weight is 535 g/mol. The van der Waals surface area contributed by atoms with Crippen molar-refractivity contribution >= 4 is 34.8 Å². The summed E-state index contributed by atoms with van der Waals surface area (Å²) >= 11 is 0. The standard InChI is InChI=1S/C14H14.C11H12P.C10H9.Ti/c1-3-7-13(8-4-1)11-12-14-9-5-2-6-10-14;1-12(2)11-7-9-5-3-4-6-10(9)8-11;1-8-6-9-4-2-3-5-10(9)7-8;/h1-10H,11-12H2;3-8H,1-2H3;2-7H,1H3;/q;2*-1;+2. The van der Waals surface area contributed by atoms with Gasteiger partial charge < -0.3 is 0 Å². The van der Waals surface area contributed by atoms with E-state index in [4.69, 9.17) is 0 Å². The van der Waals surface area contributed by atoms with Crippen molar-refractivity contribution in [3.63, 3.8) is 0 Å². The Bertz CT molecular complexity index is 1350. The third-order valence-corrected chi connectivity index (χ3v) is 7.56. The molecule has 6 aromatic rings. The molecule has 0 saturated heterocycles. The van der Waals surface area contributed by atoms with Crippen LogP contribution in [-0.2, 0) is 34.6 Å². The van der Waals surface area contributed by atoms with Crippen molar-refractivity contribution in [3.8, 4) is 0 Å². The maximum atomic E-state index is 2.31. The fourth-order valence-electron chi connectivity index (χ4n) is 4.28. The van der Waals surface area contributed by atoms with Gasteiger partial charge in [0.2, 0.25) is 0 Å². The zero-order valence-corrected chi connectivity index (χ0v) is 24.5. The first-order chi connectivity index (χ1) is 17.6. The van der Waals surface area contributed by atoms with Crippen molar-refractivity contribution in [2.24, 2.45) is 0 Å². The van der Waals surface area contributed by atoms with Gasteiger partial charge in [0.1, 0.15) is 0 Å². The van der Waals surface area contributed by atoms with Crippen LogP contribution in [0.15, 0.2) is 133 Å². The molecule has 6 aromatic carbocycles. The van der Waals surface area contributed by atoms with Gasteiger partial charge in [0.25, 0.3) is 0 Å². The van der Waals surface area contributed by atoms with Crippen LogP contribution in [0.2, 0.25) is 0 Å². The molecule has 0 aliphatic heterocycles. The fraction of sp³-hybridized carbons (Fsp3) is 0.143. The van der Waals surface area contributed by atoms with Gasteiger partial charge in [-0.05, 0) is 37.3 Å². The number of hydrogen-bond donors (Lipinski definition) is 0. The van der Waals surface area contributed by atoms with Crippen molar-refractivity contribution in [1.29, 1.82) is 0 Å². The van der Waals surface area contributed by atoms with Gasteiger partial charge in [0.05, 0.1) is 0 Å². The second kappa shape index (κ2) is 14.9. The molecule has 0 aliphatic carbocycles. The summed E-state index contributed by atoms with van der Waals surface area (Å²) < 4.78 is 0. The Morgan fingerprint density at radius 2 is 0.973 bits per heavy atom. The summed E-state index contributed by atoms with van der Waals surface area (Å²) in [5.41, 5.74) is 4.17. The van der Waals surface area contributed by atoms with Gasteiger partial charge in [-0.2, -0.15) is 12.1 Å². The molecule has 0 unspecified atom stereocenters. The van der Waals surface area contributed by atoms with Gasteiger partial charge in [-0.25, -0.2) is 0 Å². The summed E-state index contributed by atoms with van der Waals surface area (Å²) in [5, 5.41) is 6.96. The van der Waals surface area contributed by atoms with E-state index in [9.17, 15) is 0 Å². The molecule has 2 heteroatoms. The van der Waals surface area contributed by atoms with Crippen molar-refractivity contribution in [3.05, 3.63) is 150 Å². The molecule has 37 heavy (non-hydrogen) atoms. The Morgan fingerprint density at radius 1 is 0.541 bits per heavy atom. The summed E-state index contributed by atoms with van der Waals surface area (Å²) in [6.07, 6.45) is 2.26. The number of aryl methyl sites for hydroxylation is 3. The number of benzene rings is 4. The van der Waals surface area contributed by atoms with E-state index >= 15 is 0 Å².